The highest BCUT2D eigenvalue weighted by Gasteiger charge is 2.29. The fraction of sp³-hybridized carbons (Fsp3) is 0.929. The lowest BCUT2D eigenvalue weighted by atomic mass is 9.96. The van der Waals surface area contributed by atoms with Crippen molar-refractivity contribution in [2.75, 3.05) is 13.1 Å². The fourth-order valence-electron chi connectivity index (χ4n) is 2.56. The van der Waals surface area contributed by atoms with E-state index >= 15 is 0 Å². The Bertz CT molecular complexity index is 273. The van der Waals surface area contributed by atoms with Crippen molar-refractivity contribution >= 4 is 5.91 Å². The monoisotopic (exact) mass is 256 g/mol. The van der Waals surface area contributed by atoms with Crippen LogP contribution in [0.5, 0.6) is 0 Å². The highest BCUT2D eigenvalue weighted by molar-refractivity contribution is 5.78. The van der Waals surface area contributed by atoms with Crippen LogP contribution < -0.4 is 5.32 Å². The van der Waals surface area contributed by atoms with Gasteiger partial charge >= 0.3 is 0 Å². The minimum absolute atomic E-state index is 0.0534. The molecule has 0 aromatic rings. The Morgan fingerprint density at radius 1 is 1.44 bits per heavy atom. The van der Waals surface area contributed by atoms with Crippen molar-refractivity contribution in [2.24, 2.45) is 0 Å². The highest BCUT2D eigenvalue weighted by atomic mass is 16.3. The molecule has 0 bridgehead atoms. The molecule has 1 heterocycles. The van der Waals surface area contributed by atoms with E-state index in [4.69, 9.17) is 0 Å². The predicted octanol–water partition coefficient (Wildman–Crippen LogP) is 1.53. The summed E-state index contributed by atoms with van der Waals surface area (Å²) in [7, 11) is 0. The summed E-state index contributed by atoms with van der Waals surface area (Å²) in [6.07, 6.45) is 3.71. The van der Waals surface area contributed by atoms with Crippen LogP contribution in [0.3, 0.4) is 0 Å². The molecule has 0 spiro atoms. The van der Waals surface area contributed by atoms with Crippen LogP contribution in [0.2, 0.25) is 0 Å². The molecule has 0 saturated carbocycles. The summed E-state index contributed by atoms with van der Waals surface area (Å²) in [6, 6.07) is 0.148. The standard InChI is InChI=1S/C14H28N2O2/c1-5-12(17)11-8-6-7-9-16(11)10-13(18)15-14(2,3)4/h11-12,17H,5-10H2,1-4H3,(H,15,18). The van der Waals surface area contributed by atoms with Gasteiger partial charge in [-0.3, -0.25) is 9.69 Å². The van der Waals surface area contributed by atoms with E-state index in [1.807, 2.05) is 27.7 Å². The molecule has 1 amide bonds. The summed E-state index contributed by atoms with van der Waals surface area (Å²) in [5, 5.41) is 13.0. The predicted molar refractivity (Wildman–Crippen MR) is 73.4 cm³/mol. The SMILES string of the molecule is CCC(O)C1CCCCN1CC(=O)NC(C)(C)C. The van der Waals surface area contributed by atoms with Crippen molar-refractivity contribution in [1.29, 1.82) is 0 Å². The van der Waals surface area contributed by atoms with E-state index in [1.54, 1.807) is 0 Å². The Morgan fingerprint density at radius 2 is 2.11 bits per heavy atom. The third-order valence-electron chi connectivity index (χ3n) is 3.39. The summed E-state index contributed by atoms with van der Waals surface area (Å²) in [4.78, 5) is 14.1. The Labute approximate surface area is 111 Å². The molecule has 1 aliphatic rings. The summed E-state index contributed by atoms with van der Waals surface area (Å²) in [5.74, 6) is 0.0534. The molecule has 0 radical (unpaired) electrons. The molecule has 18 heavy (non-hydrogen) atoms. The number of nitrogens with one attached hydrogen (secondary N) is 1. The molecule has 2 N–H and O–H groups in total. The van der Waals surface area contributed by atoms with Gasteiger partial charge in [0.2, 0.25) is 5.91 Å². The molecular weight excluding hydrogens is 228 g/mol. The van der Waals surface area contributed by atoms with E-state index in [-0.39, 0.29) is 23.6 Å². The van der Waals surface area contributed by atoms with Gasteiger partial charge in [-0.05, 0) is 46.6 Å². The van der Waals surface area contributed by atoms with E-state index in [9.17, 15) is 9.90 Å². The molecule has 2 atom stereocenters. The maximum atomic E-state index is 11.9. The zero-order valence-electron chi connectivity index (χ0n) is 12.2. The van der Waals surface area contributed by atoms with Crippen LogP contribution in [0.25, 0.3) is 0 Å². The van der Waals surface area contributed by atoms with Crippen molar-refractivity contribution in [3.8, 4) is 0 Å². The van der Waals surface area contributed by atoms with Crippen LogP contribution in [0.4, 0.5) is 0 Å². The van der Waals surface area contributed by atoms with Crippen LogP contribution in [0.1, 0.15) is 53.4 Å². The van der Waals surface area contributed by atoms with Crippen molar-refractivity contribution in [2.45, 2.75) is 71.1 Å². The maximum Gasteiger partial charge on any atom is 0.234 e. The number of likely N-dealkylation sites (tertiary alicyclic amines) is 1. The Balaban J connectivity index is 2.54. The number of piperidine rings is 1. The molecule has 0 aliphatic carbocycles. The van der Waals surface area contributed by atoms with Crippen LogP contribution >= 0.6 is 0 Å². The first kappa shape index (κ1) is 15.4. The number of aliphatic hydroxyl groups excluding tert-OH is 1. The van der Waals surface area contributed by atoms with Gasteiger partial charge < -0.3 is 10.4 Å². The number of hydrogen-bond acceptors (Lipinski definition) is 3. The molecule has 4 nitrogen and oxygen atoms in total. The molecular formula is C14H28N2O2. The second kappa shape index (κ2) is 6.53. The average Bonchev–Trinajstić information content (AvgIpc) is 2.26. The molecule has 1 saturated heterocycles. The van der Waals surface area contributed by atoms with Crippen molar-refractivity contribution < 1.29 is 9.90 Å². The number of carbonyl (C=O) groups excluding carboxylic acids is 1. The van der Waals surface area contributed by atoms with Crippen LogP contribution in [0.15, 0.2) is 0 Å². The first-order chi connectivity index (χ1) is 8.33. The molecule has 1 aliphatic heterocycles. The molecule has 1 rings (SSSR count). The average molecular weight is 256 g/mol. The third-order valence-corrected chi connectivity index (χ3v) is 3.39. The molecule has 0 aromatic heterocycles. The van der Waals surface area contributed by atoms with Gasteiger partial charge in [0.25, 0.3) is 0 Å². The van der Waals surface area contributed by atoms with Crippen molar-refractivity contribution in [3.05, 3.63) is 0 Å². The van der Waals surface area contributed by atoms with E-state index in [1.165, 1.54) is 0 Å². The second-order valence-corrected chi connectivity index (χ2v) is 6.31. The van der Waals surface area contributed by atoms with Crippen LogP contribution in [-0.4, -0.2) is 46.7 Å². The number of amides is 1. The van der Waals surface area contributed by atoms with Gasteiger partial charge in [-0.15, -0.1) is 0 Å². The van der Waals surface area contributed by atoms with Crippen LogP contribution in [0, 0.1) is 0 Å². The van der Waals surface area contributed by atoms with Gasteiger partial charge in [0.05, 0.1) is 12.6 Å². The quantitative estimate of drug-likeness (QED) is 0.802. The van der Waals surface area contributed by atoms with Gasteiger partial charge in [-0.2, -0.15) is 0 Å². The number of rotatable bonds is 4. The molecule has 0 aromatic carbocycles. The first-order valence-electron chi connectivity index (χ1n) is 7.06. The first-order valence-corrected chi connectivity index (χ1v) is 7.06. The smallest absolute Gasteiger partial charge is 0.234 e. The fourth-order valence-corrected chi connectivity index (χ4v) is 2.56. The van der Waals surface area contributed by atoms with Crippen molar-refractivity contribution in [3.63, 3.8) is 0 Å². The van der Waals surface area contributed by atoms with E-state index < -0.39 is 0 Å². The van der Waals surface area contributed by atoms with Crippen LogP contribution in [-0.2, 0) is 4.79 Å². The van der Waals surface area contributed by atoms with E-state index in [2.05, 4.69) is 10.2 Å². The molecule has 2 unspecified atom stereocenters. The molecule has 106 valence electrons. The lowest BCUT2D eigenvalue weighted by molar-refractivity contribution is -0.125. The van der Waals surface area contributed by atoms with Crippen molar-refractivity contribution in [1.82, 2.24) is 10.2 Å². The normalized spacial score (nSPS) is 23.7. The maximum absolute atomic E-state index is 11.9. The largest absolute Gasteiger partial charge is 0.392 e. The minimum atomic E-state index is -0.312. The summed E-state index contributed by atoms with van der Waals surface area (Å²) < 4.78 is 0. The summed E-state index contributed by atoms with van der Waals surface area (Å²) in [5.41, 5.74) is -0.189. The lowest BCUT2D eigenvalue weighted by Gasteiger charge is -2.38. The zero-order chi connectivity index (χ0) is 13.8. The molecule has 1 fully saturated rings. The van der Waals surface area contributed by atoms with Gasteiger partial charge in [0.1, 0.15) is 0 Å². The Kier molecular flexibility index (Phi) is 5.60. The minimum Gasteiger partial charge on any atom is -0.392 e. The number of aliphatic hydroxyl groups is 1. The number of nitrogens with zero attached hydrogens (tertiary/aromatic N) is 1. The molecule has 4 heteroatoms. The number of hydrogen-bond donors (Lipinski definition) is 2. The second-order valence-electron chi connectivity index (χ2n) is 6.31. The van der Waals surface area contributed by atoms with Gasteiger partial charge in [0.15, 0.2) is 0 Å². The topological polar surface area (TPSA) is 52.6 Å². The summed E-state index contributed by atoms with van der Waals surface area (Å²) in [6.45, 7) is 9.27. The highest BCUT2D eigenvalue weighted by Crippen LogP contribution is 2.21. The van der Waals surface area contributed by atoms with Gasteiger partial charge in [0, 0.05) is 11.6 Å². The van der Waals surface area contributed by atoms with Gasteiger partial charge in [-0.1, -0.05) is 13.3 Å². The summed E-state index contributed by atoms with van der Waals surface area (Å²) >= 11 is 0. The lowest BCUT2D eigenvalue weighted by Crippen LogP contribution is -2.52. The number of carbonyl (C=O) groups is 1. The van der Waals surface area contributed by atoms with E-state index in [0.717, 1.165) is 32.2 Å². The Morgan fingerprint density at radius 3 is 2.67 bits per heavy atom. The third kappa shape index (κ3) is 4.94. The van der Waals surface area contributed by atoms with Gasteiger partial charge in [-0.25, -0.2) is 0 Å². The van der Waals surface area contributed by atoms with E-state index in [0.29, 0.717) is 6.54 Å². The zero-order valence-corrected chi connectivity index (χ0v) is 12.2. The Hall–Kier alpha value is -0.610.